The summed E-state index contributed by atoms with van der Waals surface area (Å²) < 4.78 is 0. The van der Waals surface area contributed by atoms with Gasteiger partial charge in [0.15, 0.2) is 5.13 Å². The molecule has 2 aliphatic rings. The van der Waals surface area contributed by atoms with E-state index in [-0.39, 0.29) is 5.41 Å². The Morgan fingerprint density at radius 2 is 2.10 bits per heavy atom. The molecule has 2 fully saturated rings. The molecular weight excluding hydrogens is 280 g/mol. The molecule has 3 rings (SSSR count). The van der Waals surface area contributed by atoms with Crippen LogP contribution in [0.25, 0.3) is 0 Å². The Bertz CT molecular complexity index is 491. The van der Waals surface area contributed by atoms with Gasteiger partial charge in [-0.15, -0.1) is 11.3 Å². The second kappa shape index (κ2) is 5.86. The first-order chi connectivity index (χ1) is 9.99. The highest BCUT2D eigenvalue weighted by atomic mass is 32.1. The van der Waals surface area contributed by atoms with Crippen LogP contribution in [0.3, 0.4) is 0 Å². The van der Waals surface area contributed by atoms with Gasteiger partial charge in [-0.25, -0.2) is 4.98 Å². The standard InChI is InChI=1S/C16H28N4S/c1-16(2,3)14-13(10-17-4)21-15(18-14)20-9-8-19-7-5-6-12(19)11-20/h12,17H,5-11H2,1-4H3. The highest BCUT2D eigenvalue weighted by Gasteiger charge is 2.32. The van der Waals surface area contributed by atoms with Gasteiger partial charge >= 0.3 is 0 Å². The van der Waals surface area contributed by atoms with Crippen molar-refractivity contribution in [3.8, 4) is 0 Å². The minimum absolute atomic E-state index is 0.121. The van der Waals surface area contributed by atoms with Gasteiger partial charge in [0.1, 0.15) is 0 Å². The van der Waals surface area contributed by atoms with Crippen LogP contribution >= 0.6 is 11.3 Å². The van der Waals surface area contributed by atoms with Crippen molar-refractivity contribution in [2.45, 2.75) is 51.6 Å². The minimum Gasteiger partial charge on any atom is -0.345 e. The third-order valence-corrected chi connectivity index (χ3v) is 5.71. The molecule has 118 valence electrons. The van der Waals surface area contributed by atoms with Crippen molar-refractivity contribution in [1.82, 2.24) is 15.2 Å². The van der Waals surface area contributed by atoms with E-state index in [4.69, 9.17) is 4.98 Å². The number of anilines is 1. The molecule has 1 atom stereocenters. The zero-order valence-electron chi connectivity index (χ0n) is 13.8. The fourth-order valence-electron chi connectivity index (χ4n) is 3.51. The van der Waals surface area contributed by atoms with Gasteiger partial charge < -0.3 is 10.2 Å². The quantitative estimate of drug-likeness (QED) is 0.929. The van der Waals surface area contributed by atoms with Gasteiger partial charge in [0.25, 0.3) is 0 Å². The van der Waals surface area contributed by atoms with Gasteiger partial charge in [-0.3, -0.25) is 4.90 Å². The van der Waals surface area contributed by atoms with Crippen LogP contribution in [0.4, 0.5) is 5.13 Å². The number of nitrogens with one attached hydrogen (secondary N) is 1. The van der Waals surface area contributed by atoms with E-state index in [9.17, 15) is 0 Å². The molecule has 0 aliphatic carbocycles. The van der Waals surface area contributed by atoms with Crippen molar-refractivity contribution in [3.05, 3.63) is 10.6 Å². The van der Waals surface area contributed by atoms with Crippen molar-refractivity contribution < 1.29 is 0 Å². The predicted molar refractivity (Wildman–Crippen MR) is 90.4 cm³/mol. The molecular formula is C16H28N4S. The monoisotopic (exact) mass is 308 g/mol. The first-order valence-electron chi connectivity index (χ1n) is 8.13. The van der Waals surface area contributed by atoms with Gasteiger partial charge in [-0.05, 0) is 26.4 Å². The van der Waals surface area contributed by atoms with E-state index in [2.05, 4.69) is 35.9 Å². The smallest absolute Gasteiger partial charge is 0.185 e. The maximum atomic E-state index is 5.02. The van der Waals surface area contributed by atoms with Crippen LogP contribution in [0.1, 0.15) is 44.2 Å². The lowest BCUT2D eigenvalue weighted by Gasteiger charge is -2.37. The van der Waals surface area contributed by atoms with Crippen LogP contribution < -0.4 is 10.2 Å². The van der Waals surface area contributed by atoms with Gasteiger partial charge in [0.05, 0.1) is 5.69 Å². The lowest BCUT2D eigenvalue weighted by molar-refractivity contribution is 0.231. The maximum Gasteiger partial charge on any atom is 0.185 e. The third kappa shape index (κ3) is 3.10. The summed E-state index contributed by atoms with van der Waals surface area (Å²) in [6.45, 7) is 12.5. The molecule has 2 saturated heterocycles. The SMILES string of the molecule is CNCc1sc(N2CCN3CCCC3C2)nc1C(C)(C)C. The number of thiazole rings is 1. The van der Waals surface area contributed by atoms with Crippen molar-refractivity contribution in [3.63, 3.8) is 0 Å². The molecule has 2 aliphatic heterocycles. The molecule has 21 heavy (non-hydrogen) atoms. The Kier molecular flexibility index (Phi) is 4.26. The fraction of sp³-hybridized carbons (Fsp3) is 0.812. The molecule has 0 saturated carbocycles. The van der Waals surface area contributed by atoms with E-state index in [0.717, 1.165) is 25.7 Å². The van der Waals surface area contributed by atoms with E-state index in [0.29, 0.717) is 0 Å². The number of nitrogens with zero attached hydrogens (tertiary/aromatic N) is 3. The van der Waals surface area contributed by atoms with Gasteiger partial charge in [-0.1, -0.05) is 20.8 Å². The van der Waals surface area contributed by atoms with E-state index >= 15 is 0 Å². The lowest BCUT2D eigenvalue weighted by atomic mass is 9.91. The topological polar surface area (TPSA) is 31.4 Å². The third-order valence-electron chi connectivity index (χ3n) is 4.59. The van der Waals surface area contributed by atoms with Crippen LogP contribution in [0.2, 0.25) is 0 Å². The molecule has 0 amide bonds. The molecule has 1 aromatic heterocycles. The summed E-state index contributed by atoms with van der Waals surface area (Å²) in [4.78, 5) is 11.6. The second-order valence-corrected chi connectivity index (χ2v) is 8.39. The summed E-state index contributed by atoms with van der Waals surface area (Å²) in [5.74, 6) is 0. The molecule has 1 aromatic rings. The fourth-order valence-corrected chi connectivity index (χ4v) is 4.82. The number of hydrogen-bond acceptors (Lipinski definition) is 5. The molecule has 4 nitrogen and oxygen atoms in total. The Hall–Kier alpha value is -0.650. The van der Waals surface area contributed by atoms with Crippen molar-refractivity contribution in [2.24, 2.45) is 0 Å². The summed E-state index contributed by atoms with van der Waals surface area (Å²) >= 11 is 1.89. The Morgan fingerprint density at radius 3 is 2.81 bits per heavy atom. The largest absolute Gasteiger partial charge is 0.345 e. The van der Waals surface area contributed by atoms with Gasteiger partial charge in [0, 0.05) is 42.5 Å². The maximum absolute atomic E-state index is 5.02. The molecule has 0 bridgehead atoms. The average molecular weight is 308 g/mol. The highest BCUT2D eigenvalue weighted by Crippen LogP contribution is 2.35. The Morgan fingerprint density at radius 1 is 1.29 bits per heavy atom. The molecule has 1 N–H and O–H groups in total. The van der Waals surface area contributed by atoms with Crippen molar-refractivity contribution in [1.29, 1.82) is 0 Å². The first-order valence-corrected chi connectivity index (χ1v) is 8.94. The number of piperazine rings is 1. The molecule has 0 radical (unpaired) electrons. The van der Waals surface area contributed by atoms with Crippen LogP contribution in [0.15, 0.2) is 0 Å². The molecule has 3 heterocycles. The van der Waals surface area contributed by atoms with Crippen LogP contribution in [0.5, 0.6) is 0 Å². The zero-order valence-corrected chi connectivity index (χ0v) is 14.6. The highest BCUT2D eigenvalue weighted by molar-refractivity contribution is 7.15. The lowest BCUT2D eigenvalue weighted by Crippen LogP contribution is -2.50. The number of aromatic nitrogens is 1. The van der Waals surface area contributed by atoms with Crippen LogP contribution in [0, 0.1) is 0 Å². The summed E-state index contributed by atoms with van der Waals surface area (Å²) in [6, 6.07) is 0.758. The second-order valence-electron chi connectivity index (χ2n) is 7.33. The minimum atomic E-state index is 0.121. The molecule has 1 unspecified atom stereocenters. The van der Waals surface area contributed by atoms with Gasteiger partial charge in [-0.2, -0.15) is 0 Å². The predicted octanol–water partition coefficient (Wildman–Crippen LogP) is 2.44. The summed E-state index contributed by atoms with van der Waals surface area (Å²) in [6.07, 6.45) is 2.73. The Labute approximate surface area is 132 Å². The average Bonchev–Trinajstić information content (AvgIpc) is 3.03. The number of rotatable bonds is 3. The summed E-state index contributed by atoms with van der Waals surface area (Å²) in [5, 5.41) is 4.53. The summed E-state index contributed by atoms with van der Waals surface area (Å²) in [5.41, 5.74) is 1.39. The van der Waals surface area contributed by atoms with E-state index in [1.807, 2.05) is 18.4 Å². The summed E-state index contributed by atoms with van der Waals surface area (Å²) in [7, 11) is 2.02. The van der Waals surface area contributed by atoms with E-state index < -0.39 is 0 Å². The molecule has 0 aromatic carbocycles. The number of hydrogen-bond donors (Lipinski definition) is 1. The normalized spacial score (nSPS) is 23.6. The molecule has 5 heteroatoms. The van der Waals surface area contributed by atoms with E-state index in [1.54, 1.807) is 0 Å². The van der Waals surface area contributed by atoms with Crippen LogP contribution in [-0.4, -0.2) is 49.2 Å². The van der Waals surface area contributed by atoms with Crippen LogP contribution in [-0.2, 0) is 12.0 Å². The van der Waals surface area contributed by atoms with Gasteiger partial charge in [0.2, 0.25) is 0 Å². The molecule has 0 spiro atoms. The van der Waals surface area contributed by atoms with Crippen molar-refractivity contribution >= 4 is 16.5 Å². The first kappa shape index (κ1) is 15.3. The Balaban J connectivity index is 1.82. The van der Waals surface area contributed by atoms with E-state index in [1.165, 1.54) is 41.6 Å². The van der Waals surface area contributed by atoms with Crippen molar-refractivity contribution in [2.75, 3.05) is 38.1 Å². The number of fused-ring (bicyclic) bond motifs is 1. The zero-order chi connectivity index (χ0) is 15.0.